The van der Waals surface area contributed by atoms with Gasteiger partial charge in [0.15, 0.2) is 0 Å². The molecule has 0 spiro atoms. The van der Waals surface area contributed by atoms with Gasteiger partial charge in [0.2, 0.25) is 0 Å². The molecule has 0 saturated heterocycles. The van der Waals surface area contributed by atoms with Crippen LogP contribution in [-0.4, -0.2) is 9.78 Å². The van der Waals surface area contributed by atoms with E-state index in [0.29, 0.717) is 10.7 Å². The smallest absolute Gasteiger partial charge is 0.0521 e. The highest BCUT2D eigenvalue weighted by Crippen LogP contribution is 2.43. The van der Waals surface area contributed by atoms with E-state index in [2.05, 4.69) is 58.4 Å². The Bertz CT molecular complexity index is 547. The average Bonchev–Trinajstić information content (AvgIpc) is 2.97. The first-order chi connectivity index (χ1) is 8.78. The summed E-state index contributed by atoms with van der Waals surface area (Å²) >= 11 is 3.86. The lowest BCUT2D eigenvalue weighted by molar-refractivity contribution is 0.554. The van der Waals surface area contributed by atoms with Crippen molar-refractivity contribution in [3.63, 3.8) is 0 Å². The van der Waals surface area contributed by atoms with Crippen LogP contribution in [-0.2, 0) is 19.4 Å². The minimum atomic E-state index is 0.485. The molecule has 0 bridgehead atoms. The van der Waals surface area contributed by atoms with Crippen molar-refractivity contribution in [2.24, 2.45) is 5.92 Å². The minimum Gasteiger partial charge on any atom is -0.273 e. The van der Waals surface area contributed by atoms with Crippen LogP contribution in [0, 0.1) is 5.92 Å². The third kappa shape index (κ3) is 2.12. The van der Waals surface area contributed by atoms with Crippen LogP contribution in [0.2, 0.25) is 0 Å². The van der Waals surface area contributed by atoms with Crippen molar-refractivity contribution in [3.05, 3.63) is 53.3 Å². The lowest BCUT2D eigenvalue weighted by atomic mass is 9.99. The summed E-state index contributed by atoms with van der Waals surface area (Å²) in [5.74, 6) is 0.650. The number of aromatic nitrogens is 2. The predicted molar refractivity (Wildman–Crippen MR) is 76.9 cm³/mol. The molecule has 0 N–H and O–H groups in total. The number of benzene rings is 1. The van der Waals surface area contributed by atoms with Gasteiger partial charge >= 0.3 is 0 Å². The van der Waals surface area contributed by atoms with Crippen LogP contribution >= 0.6 is 15.9 Å². The Morgan fingerprint density at radius 2 is 2.22 bits per heavy atom. The maximum atomic E-state index is 4.35. The normalized spacial score (nSPS) is 22.1. The standard InChI is InChI=1S/C15H17BrN2/c1-2-18-10-11(9-17-18)7-13-8-12-5-3-4-6-14(12)15(13)16/h3-6,9-10,13,15H,2,7-8H2,1H3. The quantitative estimate of drug-likeness (QED) is 0.790. The molecular weight excluding hydrogens is 288 g/mol. The van der Waals surface area contributed by atoms with Gasteiger partial charge in [-0.3, -0.25) is 4.68 Å². The molecule has 0 radical (unpaired) electrons. The van der Waals surface area contributed by atoms with E-state index in [1.807, 2.05) is 10.9 Å². The van der Waals surface area contributed by atoms with Crippen molar-refractivity contribution in [3.8, 4) is 0 Å². The van der Waals surface area contributed by atoms with Crippen molar-refractivity contribution < 1.29 is 0 Å². The lowest BCUT2D eigenvalue weighted by Gasteiger charge is -2.13. The summed E-state index contributed by atoms with van der Waals surface area (Å²) in [4.78, 5) is 0.485. The molecule has 1 aromatic carbocycles. The maximum Gasteiger partial charge on any atom is 0.0521 e. The Morgan fingerprint density at radius 3 is 2.94 bits per heavy atom. The molecular formula is C15H17BrN2. The van der Waals surface area contributed by atoms with Crippen LogP contribution in [0.15, 0.2) is 36.7 Å². The van der Waals surface area contributed by atoms with E-state index in [1.54, 1.807) is 0 Å². The molecule has 3 heteroatoms. The SMILES string of the molecule is CCn1cc(CC2Cc3ccccc3C2Br)cn1. The van der Waals surface area contributed by atoms with Crippen molar-refractivity contribution >= 4 is 15.9 Å². The van der Waals surface area contributed by atoms with Crippen molar-refractivity contribution in [1.82, 2.24) is 9.78 Å². The molecule has 2 unspecified atom stereocenters. The van der Waals surface area contributed by atoms with Crippen molar-refractivity contribution in [2.45, 2.75) is 31.1 Å². The predicted octanol–water partition coefficient (Wildman–Crippen LogP) is 3.75. The number of hydrogen-bond donors (Lipinski definition) is 0. The van der Waals surface area contributed by atoms with Gasteiger partial charge in [-0.05, 0) is 42.4 Å². The molecule has 2 aromatic rings. The van der Waals surface area contributed by atoms with Crippen LogP contribution in [0.1, 0.15) is 28.4 Å². The third-order valence-electron chi connectivity index (χ3n) is 3.76. The molecule has 0 saturated carbocycles. The fourth-order valence-corrected chi connectivity index (χ4v) is 3.61. The van der Waals surface area contributed by atoms with Gasteiger partial charge in [-0.15, -0.1) is 0 Å². The molecule has 94 valence electrons. The Kier molecular flexibility index (Phi) is 3.25. The first-order valence-electron chi connectivity index (χ1n) is 6.51. The molecule has 0 amide bonds. The largest absolute Gasteiger partial charge is 0.273 e. The first-order valence-corrected chi connectivity index (χ1v) is 7.42. The minimum absolute atomic E-state index is 0.485. The van der Waals surface area contributed by atoms with Gasteiger partial charge in [-0.1, -0.05) is 40.2 Å². The zero-order valence-corrected chi connectivity index (χ0v) is 12.1. The van der Waals surface area contributed by atoms with Gasteiger partial charge in [0, 0.05) is 17.6 Å². The summed E-state index contributed by atoms with van der Waals surface area (Å²) in [6.07, 6.45) is 6.45. The maximum absolute atomic E-state index is 4.35. The number of nitrogens with zero attached hydrogens (tertiary/aromatic N) is 2. The molecule has 3 rings (SSSR count). The first kappa shape index (κ1) is 12.0. The topological polar surface area (TPSA) is 17.8 Å². The van der Waals surface area contributed by atoms with Crippen molar-refractivity contribution in [1.29, 1.82) is 0 Å². The molecule has 0 fully saturated rings. The van der Waals surface area contributed by atoms with E-state index in [9.17, 15) is 0 Å². The highest BCUT2D eigenvalue weighted by molar-refractivity contribution is 9.09. The third-order valence-corrected chi connectivity index (χ3v) is 5.00. The van der Waals surface area contributed by atoms with Gasteiger partial charge in [0.1, 0.15) is 0 Å². The van der Waals surface area contributed by atoms with E-state index < -0.39 is 0 Å². The van der Waals surface area contributed by atoms with Gasteiger partial charge in [-0.2, -0.15) is 5.10 Å². The number of fused-ring (bicyclic) bond motifs is 1. The number of rotatable bonds is 3. The molecule has 1 aliphatic carbocycles. The van der Waals surface area contributed by atoms with E-state index in [-0.39, 0.29) is 0 Å². The fourth-order valence-electron chi connectivity index (χ4n) is 2.79. The van der Waals surface area contributed by atoms with Crippen LogP contribution in [0.25, 0.3) is 0 Å². The molecule has 18 heavy (non-hydrogen) atoms. The number of halogens is 1. The molecule has 0 aliphatic heterocycles. The second kappa shape index (κ2) is 4.88. The van der Waals surface area contributed by atoms with E-state index >= 15 is 0 Å². The Morgan fingerprint density at radius 1 is 1.39 bits per heavy atom. The molecule has 2 atom stereocenters. The van der Waals surface area contributed by atoms with Gasteiger partial charge in [0.25, 0.3) is 0 Å². The van der Waals surface area contributed by atoms with Crippen LogP contribution in [0.4, 0.5) is 0 Å². The summed E-state index contributed by atoms with van der Waals surface area (Å²) in [6, 6.07) is 8.75. The van der Waals surface area contributed by atoms with E-state index in [0.717, 1.165) is 13.0 Å². The molecule has 1 heterocycles. The number of aryl methyl sites for hydroxylation is 1. The second-order valence-electron chi connectivity index (χ2n) is 4.97. The van der Waals surface area contributed by atoms with Gasteiger partial charge < -0.3 is 0 Å². The Balaban J connectivity index is 1.76. The Labute approximate surface area is 116 Å². The lowest BCUT2D eigenvalue weighted by Crippen LogP contribution is -2.06. The van der Waals surface area contributed by atoms with Crippen molar-refractivity contribution in [2.75, 3.05) is 0 Å². The summed E-state index contributed by atoms with van der Waals surface area (Å²) in [6.45, 7) is 3.07. The number of alkyl halides is 1. The highest BCUT2D eigenvalue weighted by atomic mass is 79.9. The molecule has 2 nitrogen and oxygen atoms in total. The Hall–Kier alpha value is -1.09. The summed E-state index contributed by atoms with van der Waals surface area (Å²) in [5, 5.41) is 4.35. The van der Waals surface area contributed by atoms with E-state index in [4.69, 9.17) is 0 Å². The fraction of sp³-hybridized carbons (Fsp3) is 0.400. The highest BCUT2D eigenvalue weighted by Gasteiger charge is 2.30. The van der Waals surface area contributed by atoms with Crippen LogP contribution < -0.4 is 0 Å². The van der Waals surface area contributed by atoms with E-state index in [1.165, 1.54) is 23.1 Å². The summed E-state index contributed by atoms with van der Waals surface area (Å²) in [5.41, 5.74) is 4.30. The second-order valence-corrected chi connectivity index (χ2v) is 5.96. The zero-order valence-electron chi connectivity index (χ0n) is 10.5. The zero-order chi connectivity index (χ0) is 12.5. The van der Waals surface area contributed by atoms with Gasteiger partial charge in [-0.25, -0.2) is 0 Å². The van der Waals surface area contributed by atoms with Crippen LogP contribution in [0.3, 0.4) is 0 Å². The number of hydrogen-bond acceptors (Lipinski definition) is 1. The van der Waals surface area contributed by atoms with Gasteiger partial charge in [0.05, 0.1) is 6.20 Å². The molecule has 1 aliphatic rings. The summed E-state index contributed by atoms with van der Waals surface area (Å²) in [7, 11) is 0. The average molecular weight is 305 g/mol. The monoisotopic (exact) mass is 304 g/mol. The van der Waals surface area contributed by atoms with Crippen LogP contribution in [0.5, 0.6) is 0 Å². The summed E-state index contributed by atoms with van der Waals surface area (Å²) < 4.78 is 2.00. The molecule has 1 aromatic heterocycles.